The van der Waals surface area contributed by atoms with Crippen molar-refractivity contribution in [1.29, 1.82) is 0 Å². The average molecular weight is 274 g/mol. The molecule has 0 spiro atoms. The van der Waals surface area contributed by atoms with Crippen LogP contribution in [0.3, 0.4) is 0 Å². The van der Waals surface area contributed by atoms with Crippen molar-refractivity contribution in [2.75, 3.05) is 7.11 Å². The van der Waals surface area contributed by atoms with Crippen LogP contribution in [-0.4, -0.2) is 28.2 Å². The molecule has 1 N–H and O–H groups in total. The van der Waals surface area contributed by atoms with Gasteiger partial charge in [-0.3, -0.25) is 4.98 Å². The molecule has 2 aromatic rings. The quantitative estimate of drug-likeness (QED) is 0.922. The van der Waals surface area contributed by atoms with E-state index in [4.69, 9.17) is 14.6 Å². The van der Waals surface area contributed by atoms with E-state index in [0.29, 0.717) is 5.75 Å². The Labute approximate surface area is 116 Å². The van der Waals surface area contributed by atoms with E-state index in [9.17, 15) is 4.79 Å². The van der Waals surface area contributed by atoms with E-state index >= 15 is 0 Å². The van der Waals surface area contributed by atoms with Crippen molar-refractivity contribution >= 4 is 5.97 Å². The van der Waals surface area contributed by atoms with Gasteiger partial charge in [0.2, 0.25) is 5.88 Å². The molecule has 0 atom stereocenters. The molecule has 20 heavy (non-hydrogen) atoms. The Balaban J connectivity index is 2.37. The molecule has 0 radical (unpaired) electrons. The summed E-state index contributed by atoms with van der Waals surface area (Å²) in [5.41, 5.74) is 1.66. The van der Waals surface area contributed by atoms with Crippen LogP contribution in [0.25, 0.3) is 0 Å². The molecule has 0 amide bonds. The minimum atomic E-state index is -1.04. The van der Waals surface area contributed by atoms with Crippen LogP contribution >= 0.6 is 0 Å². The predicted octanol–water partition coefficient (Wildman–Crippen LogP) is 2.59. The van der Waals surface area contributed by atoms with Gasteiger partial charge in [-0.1, -0.05) is 0 Å². The largest absolute Gasteiger partial charge is 0.493 e. The van der Waals surface area contributed by atoms with E-state index in [1.54, 1.807) is 0 Å². The van der Waals surface area contributed by atoms with Gasteiger partial charge in [-0.05, 0) is 32.0 Å². The van der Waals surface area contributed by atoms with Crippen LogP contribution in [0.5, 0.6) is 17.4 Å². The Morgan fingerprint density at radius 1 is 1.20 bits per heavy atom. The second-order valence-corrected chi connectivity index (χ2v) is 4.15. The number of nitrogens with zero attached hydrogens (tertiary/aromatic N) is 2. The molecule has 0 saturated carbocycles. The molecule has 6 heteroatoms. The molecular formula is C14H14N2O4. The highest BCUT2D eigenvalue weighted by atomic mass is 16.5. The van der Waals surface area contributed by atoms with Crippen molar-refractivity contribution in [3.63, 3.8) is 0 Å². The van der Waals surface area contributed by atoms with Gasteiger partial charge in [0.15, 0.2) is 11.5 Å². The molecule has 0 saturated heterocycles. The summed E-state index contributed by atoms with van der Waals surface area (Å²) in [6.45, 7) is 3.66. The first-order valence-corrected chi connectivity index (χ1v) is 5.90. The fourth-order valence-electron chi connectivity index (χ4n) is 1.57. The Morgan fingerprint density at radius 3 is 2.55 bits per heavy atom. The van der Waals surface area contributed by atoms with Crippen LogP contribution < -0.4 is 9.47 Å². The van der Waals surface area contributed by atoms with E-state index in [1.807, 2.05) is 13.8 Å². The Kier molecular flexibility index (Phi) is 3.84. The van der Waals surface area contributed by atoms with Crippen molar-refractivity contribution in [1.82, 2.24) is 9.97 Å². The smallest absolute Gasteiger partial charge is 0.335 e. The van der Waals surface area contributed by atoms with Gasteiger partial charge in [-0.2, -0.15) is 0 Å². The molecule has 0 unspecified atom stereocenters. The number of aryl methyl sites for hydroxylation is 2. The summed E-state index contributed by atoms with van der Waals surface area (Å²) in [6.07, 6.45) is 1.48. The molecule has 104 valence electrons. The van der Waals surface area contributed by atoms with Gasteiger partial charge in [-0.25, -0.2) is 9.78 Å². The topological polar surface area (TPSA) is 81.5 Å². The number of rotatable bonds is 4. The van der Waals surface area contributed by atoms with E-state index in [2.05, 4.69) is 9.97 Å². The van der Waals surface area contributed by atoms with Crippen LogP contribution in [-0.2, 0) is 0 Å². The van der Waals surface area contributed by atoms with Gasteiger partial charge in [0, 0.05) is 0 Å². The Morgan fingerprint density at radius 2 is 1.95 bits per heavy atom. The van der Waals surface area contributed by atoms with Crippen molar-refractivity contribution in [3.05, 3.63) is 41.3 Å². The zero-order valence-corrected chi connectivity index (χ0v) is 11.4. The zero-order valence-electron chi connectivity index (χ0n) is 11.4. The third kappa shape index (κ3) is 2.85. The fraction of sp³-hybridized carbons (Fsp3) is 0.214. The van der Waals surface area contributed by atoms with E-state index in [0.717, 1.165) is 11.4 Å². The highest BCUT2D eigenvalue weighted by Crippen LogP contribution is 2.31. The van der Waals surface area contributed by atoms with Gasteiger partial charge in [0.25, 0.3) is 0 Å². The van der Waals surface area contributed by atoms with Crippen LogP contribution in [0.1, 0.15) is 21.7 Å². The van der Waals surface area contributed by atoms with Crippen LogP contribution in [0, 0.1) is 13.8 Å². The number of hydrogen-bond acceptors (Lipinski definition) is 5. The maximum Gasteiger partial charge on any atom is 0.335 e. The van der Waals surface area contributed by atoms with Crippen molar-refractivity contribution in [2.24, 2.45) is 0 Å². The Hall–Kier alpha value is -2.63. The van der Waals surface area contributed by atoms with Crippen molar-refractivity contribution in [2.45, 2.75) is 13.8 Å². The molecule has 0 aliphatic heterocycles. The normalized spacial score (nSPS) is 10.2. The average Bonchev–Trinajstić information content (AvgIpc) is 2.42. The first kappa shape index (κ1) is 13.8. The molecule has 2 rings (SSSR count). The summed E-state index contributed by atoms with van der Waals surface area (Å²) >= 11 is 0. The number of methoxy groups -OCH3 is 1. The SMILES string of the molecule is COc1ccc(C(=O)O)cc1Oc1cnc(C)c(C)n1. The van der Waals surface area contributed by atoms with Crippen molar-refractivity contribution < 1.29 is 19.4 Å². The number of aromatic nitrogens is 2. The third-order valence-corrected chi connectivity index (χ3v) is 2.80. The molecule has 0 bridgehead atoms. The molecule has 0 aliphatic rings. The first-order valence-electron chi connectivity index (χ1n) is 5.90. The van der Waals surface area contributed by atoms with Crippen LogP contribution in [0.15, 0.2) is 24.4 Å². The van der Waals surface area contributed by atoms with Crippen LogP contribution in [0.2, 0.25) is 0 Å². The number of aromatic carboxylic acids is 1. The summed E-state index contributed by atoms with van der Waals surface area (Å²) < 4.78 is 10.7. The zero-order chi connectivity index (χ0) is 14.7. The maximum atomic E-state index is 11.0. The summed E-state index contributed by atoms with van der Waals surface area (Å²) in [6, 6.07) is 4.37. The van der Waals surface area contributed by atoms with Gasteiger partial charge >= 0.3 is 5.97 Å². The summed E-state index contributed by atoms with van der Waals surface area (Å²) in [7, 11) is 1.48. The summed E-state index contributed by atoms with van der Waals surface area (Å²) in [4.78, 5) is 19.4. The van der Waals surface area contributed by atoms with Gasteiger partial charge < -0.3 is 14.6 Å². The lowest BCUT2D eigenvalue weighted by atomic mass is 10.2. The summed E-state index contributed by atoms with van der Waals surface area (Å²) in [5.74, 6) is -0.0439. The highest BCUT2D eigenvalue weighted by molar-refractivity contribution is 5.88. The second kappa shape index (κ2) is 5.56. The summed E-state index contributed by atoms with van der Waals surface area (Å²) in [5, 5.41) is 9.00. The lowest BCUT2D eigenvalue weighted by Crippen LogP contribution is -2.00. The van der Waals surface area contributed by atoms with Gasteiger partial charge in [0.05, 0.1) is 30.3 Å². The minimum absolute atomic E-state index is 0.109. The van der Waals surface area contributed by atoms with E-state index < -0.39 is 5.97 Å². The number of benzene rings is 1. The molecule has 1 aromatic heterocycles. The predicted molar refractivity (Wildman–Crippen MR) is 71.5 cm³/mol. The number of carboxylic acids is 1. The fourth-order valence-corrected chi connectivity index (χ4v) is 1.57. The molecule has 0 fully saturated rings. The lowest BCUT2D eigenvalue weighted by Gasteiger charge is -2.10. The van der Waals surface area contributed by atoms with Crippen molar-refractivity contribution in [3.8, 4) is 17.4 Å². The number of carboxylic acid groups (broad SMARTS) is 1. The molecular weight excluding hydrogens is 260 g/mol. The Bertz CT molecular complexity index is 656. The third-order valence-electron chi connectivity index (χ3n) is 2.80. The minimum Gasteiger partial charge on any atom is -0.493 e. The lowest BCUT2D eigenvalue weighted by molar-refractivity contribution is 0.0696. The van der Waals surface area contributed by atoms with E-state index in [-0.39, 0.29) is 17.2 Å². The van der Waals surface area contributed by atoms with Gasteiger partial charge in [0.1, 0.15) is 0 Å². The molecule has 6 nitrogen and oxygen atoms in total. The van der Waals surface area contributed by atoms with Gasteiger partial charge in [-0.15, -0.1) is 0 Å². The monoisotopic (exact) mass is 274 g/mol. The molecule has 0 aliphatic carbocycles. The maximum absolute atomic E-state index is 11.0. The molecule has 1 aromatic carbocycles. The standard InChI is InChI=1S/C14H14N2O4/c1-8-9(2)16-13(7-15-8)20-12-6-10(14(17)18)4-5-11(12)19-3/h4-7H,1-3H3,(H,17,18). The number of hydrogen-bond donors (Lipinski definition) is 1. The number of ether oxygens (including phenoxy) is 2. The highest BCUT2D eigenvalue weighted by Gasteiger charge is 2.12. The second-order valence-electron chi connectivity index (χ2n) is 4.15. The first-order chi connectivity index (χ1) is 9.51. The van der Waals surface area contributed by atoms with E-state index in [1.165, 1.54) is 31.5 Å². The molecule has 1 heterocycles. The number of carbonyl (C=O) groups is 1. The van der Waals surface area contributed by atoms with Crippen LogP contribution in [0.4, 0.5) is 0 Å².